The fourth-order valence-corrected chi connectivity index (χ4v) is 2.07. The SMILES string of the molecule is C=CN/C(=C\C)CN(c1ccccc1)c1ccccc1. The molecule has 0 aliphatic carbocycles. The Hall–Kier alpha value is -2.48. The van der Waals surface area contributed by atoms with E-state index in [4.69, 9.17) is 0 Å². The summed E-state index contributed by atoms with van der Waals surface area (Å²) in [5.41, 5.74) is 3.46. The maximum atomic E-state index is 3.73. The highest BCUT2D eigenvalue weighted by Crippen LogP contribution is 2.25. The maximum absolute atomic E-state index is 3.73. The minimum absolute atomic E-state index is 0.774. The van der Waals surface area contributed by atoms with Gasteiger partial charge in [-0.2, -0.15) is 0 Å². The van der Waals surface area contributed by atoms with Crippen LogP contribution >= 0.6 is 0 Å². The fraction of sp³-hybridized carbons (Fsp3) is 0.111. The first-order valence-corrected chi connectivity index (χ1v) is 6.75. The zero-order valence-corrected chi connectivity index (χ0v) is 11.8. The van der Waals surface area contributed by atoms with Crippen molar-refractivity contribution in [3.63, 3.8) is 0 Å². The molecule has 20 heavy (non-hydrogen) atoms. The average molecular weight is 264 g/mol. The van der Waals surface area contributed by atoms with E-state index < -0.39 is 0 Å². The molecule has 0 saturated heterocycles. The molecule has 2 aromatic carbocycles. The third-order valence-corrected chi connectivity index (χ3v) is 3.10. The number of nitrogens with zero attached hydrogens (tertiary/aromatic N) is 1. The van der Waals surface area contributed by atoms with E-state index in [9.17, 15) is 0 Å². The summed E-state index contributed by atoms with van der Waals surface area (Å²) in [6, 6.07) is 20.8. The van der Waals surface area contributed by atoms with Gasteiger partial charge in [0.1, 0.15) is 0 Å². The van der Waals surface area contributed by atoms with Crippen molar-refractivity contribution >= 4 is 11.4 Å². The van der Waals surface area contributed by atoms with E-state index in [1.54, 1.807) is 6.20 Å². The number of nitrogens with one attached hydrogen (secondary N) is 1. The highest BCUT2D eigenvalue weighted by molar-refractivity contribution is 5.63. The van der Waals surface area contributed by atoms with Crippen LogP contribution in [0, 0.1) is 0 Å². The van der Waals surface area contributed by atoms with E-state index in [2.05, 4.69) is 71.4 Å². The second-order valence-electron chi connectivity index (χ2n) is 4.42. The van der Waals surface area contributed by atoms with Crippen LogP contribution in [-0.4, -0.2) is 6.54 Å². The summed E-state index contributed by atoms with van der Waals surface area (Å²) >= 11 is 0. The van der Waals surface area contributed by atoms with Crippen LogP contribution in [0.2, 0.25) is 0 Å². The normalized spacial score (nSPS) is 10.9. The summed E-state index contributed by atoms with van der Waals surface area (Å²) in [5.74, 6) is 0. The minimum Gasteiger partial charge on any atom is -0.364 e. The van der Waals surface area contributed by atoms with Crippen molar-refractivity contribution in [3.8, 4) is 0 Å². The molecule has 0 aromatic heterocycles. The lowest BCUT2D eigenvalue weighted by Gasteiger charge is -2.26. The van der Waals surface area contributed by atoms with Gasteiger partial charge in [0, 0.05) is 17.1 Å². The van der Waals surface area contributed by atoms with Crippen molar-refractivity contribution < 1.29 is 0 Å². The average Bonchev–Trinajstić information content (AvgIpc) is 2.53. The van der Waals surface area contributed by atoms with Crippen LogP contribution in [-0.2, 0) is 0 Å². The molecule has 0 fully saturated rings. The summed E-state index contributed by atoms with van der Waals surface area (Å²) in [5, 5.41) is 3.19. The van der Waals surface area contributed by atoms with Gasteiger partial charge in [0.15, 0.2) is 0 Å². The molecule has 0 radical (unpaired) electrons. The first-order valence-electron chi connectivity index (χ1n) is 6.75. The third kappa shape index (κ3) is 3.51. The van der Waals surface area contributed by atoms with Crippen LogP contribution < -0.4 is 10.2 Å². The zero-order valence-electron chi connectivity index (χ0n) is 11.8. The molecule has 0 saturated carbocycles. The summed E-state index contributed by atoms with van der Waals surface area (Å²) in [7, 11) is 0. The Morgan fingerprint density at radius 3 is 1.90 bits per heavy atom. The van der Waals surface area contributed by atoms with Crippen molar-refractivity contribution in [3.05, 3.63) is 85.2 Å². The molecule has 2 nitrogen and oxygen atoms in total. The number of anilines is 2. The summed E-state index contributed by atoms with van der Waals surface area (Å²) < 4.78 is 0. The predicted octanol–water partition coefficient (Wildman–Crippen LogP) is 4.46. The van der Waals surface area contributed by atoms with E-state index in [0.717, 1.165) is 12.2 Å². The van der Waals surface area contributed by atoms with Crippen molar-refractivity contribution in [2.24, 2.45) is 0 Å². The second-order valence-corrected chi connectivity index (χ2v) is 4.42. The van der Waals surface area contributed by atoms with Gasteiger partial charge in [-0.1, -0.05) is 49.1 Å². The number of allylic oxidation sites excluding steroid dienone is 1. The number of para-hydroxylation sites is 2. The Kier molecular flexibility index (Phi) is 5.01. The van der Waals surface area contributed by atoms with E-state index in [1.807, 2.05) is 19.1 Å². The molecule has 0 amide bonds. The molecule has 0 spiro atoms. The van der Waals surface area contributed by atoms with Gasteiger partial charge in [-0.25, -0.2) is 0 Å². The van der Waals surface area contributed by atoms with E-state index >= 15 is 0 Å². The van der Waals surface area contributed by atoms with Crippen molar-refractivity contribution in [2.75, 3.05) is 11.4 Å². The van der Waals surface area contributed by atoms with Crippen molar-refractivity contribution in [1.29, 1.82) is 0 Å². The summed E-state index contributed by atoms with van der Waals surface area (Å²) in [4.78, 5) is 2.27. The van der Waals surface area contributed by atoms with Crippen LogP contribution in [0.3, 0.4) is 0 Å². The van der Waals surface area contributed by atoms with Gasteiger partial charge in [0.25, 0.3) is 0 Å². The molecule has 2 rings (SSSR count). The van der Waals surface area contributed by atoms with Gasteiger partial charge in [0.2, 0.25) is 0 Å². The largest absolute Gasteiger partial charge is 0.364 e. The maximum Gasteiger partial charge on any atom is 0.0628 e. The Bertz CT molecular complexity index is 519. The monoisotopic (exact) mass is 264 g/mol. The lowest BCUT2D eigenvalue weighted by molar-refractivity contribution is 0.932. The molecule has 0 aliphatic heterocycles. The highest BCUT2D eigenvalue weighted by Gasteiger charge is 2.10. The van der Waals surface area contributed by atoms with Gasteiger partial charge in [0.05, 0.1) is 6.54 Å². The van der Waals surface area contributed by atoms with Crippen LogP contribution in [0.5, 0.6) is 0 Å². The van der Waals surface area contributed by atoms with Crippen molar-refractivity contribution in [1.82, 2.24) is 5.32 Å². The smallest absolute Gasteiger partial charge is 0.0628 e. The molecule has 0 aliphatic rings. The van der Waals surface area contributed by atoms with Crippen LogP contribution in [0.4, 0.5) is 11.4 Å². The van der Waals surface area contributed by atoms with E-state index in [-0.39, 0.29) is 0 Å². The van der Waals surface area contributed by atoms with Crippen LogP contribution in [0.15, 0.2) is 85.2 Å². The number of rotatable bonds is 6. The molecule has 2 heteroatoms. The quantitative estimate of drug-likeness (QED) is 0.828. The predicted molar refractivity (Wildman–Crippen MR) is 87.0 cm³/mol. The molecular weight excluding hydrogens is 244 g/mol. The van der Waals surface area contributed by atoms with E-state index in [0.29, 0.717) is 0 Å². The molecule has 0 atom stereocenters. The Morgan fingerprint density at radius 1 is 1.00 bits per heavy atom. The second kappa shape index (κ2) is 7.19. The number of hydrogen-bond donors (Lipinski definition) is 1. The molecule has 1 N–H and O–H groups in total. The first kappa shape index (κ1) is 13.9. The van der Waals surface area contributed by atoms with Crippen LogP contribution in [0.25, 0.3) is 0 Å². The topological polar surface area (TPSA) is 15.3 Å². The lowest BCUT2D eigenvalue weighted by Crippen LogP contribution is -2.24. The van der Waals surface area contributed by atoms with Gasteiger partial charge in [-0.05, 0) is 37.4 Å². The Labute approximate surface area is 121 Å². The lowest BCUT2D eigenvalue weighted by atomic mass is 10.2. The molecule has 0 bridgehead atoms. The highest BCUT2D eigenvalue weighted by atomic mass is 15.2. The fourth-order valence-electron chi connectivity index (χ4n) is 2.07. The molecule has 0 unspecified atom stereocenters. The Morgan fingerprint density at radius 2 is 1.50 bits per heavy atom. The summed E-state index contributed by atoms with van der Waals surface area (Å²) in [6.45, 7) is 6.53. The third-order valence-electron chi connectivity index (χ3n) is 3.10. The molecule has 2 aromatic rings. The standard InChI is InChI=1S/C18H20N2/c1-3-16(19-4-2)15-20(17-11-7-5-8-12-17)18-13-9-6-10-14-18/h3-14,19H,2,15H2,1H3/b16-3-. The number of hydrogen-bond acceptors (Lipinski definition) is 2. The van der Waals surface area contributed by atoms with Gasteiger partial charge < -0.3 is 10.2 Å². The molecular formula is C18H20N2. The van der Waals surface area contributed by atoms with Crippen LogP contribution in [0.1, 0.15) is 6.92 Å². The minimum atomic E-state index is 0.774. The van der Waals surface area contributed by atoms with Gasteiger partial charge in [-0.15, -0.1) is 0 Å². The van der Waals surface area contributed by atoms with E-state index in [1.165, 1.54) is 11.4 Å². The molecule has 102 valence electrons. The van der Waals surface area contributed by atoms with Crippen molar-refractivity contribution in [2.45, 2.75) is 6.92 Å². The first-order chi connectivity index (χ1) is 9.85. The zero-order chi connectivity index (χ0) is 14.2. The van der Waals surface area contributed by atoms with Gasteiger partial charge >= 0.3 is 0 Å². The summed E-state index contributed by atoms with van der Waals surface area (Å²) in [6.07, 6.45) is 3.78. The number of benzene rings is 2. The van der Waals surface area contributed by atoms with Gasteiger partial charge in [-0.3, -0.25) is 0 Å². The molecule has 0 heterocycles. The Balaban J connectivity index is 2.33.